The molecule has 2 aromatic rings. The van der Waals surface area contributed by atoms with Crippen molar-refractivity contribution in [3.8, 4) is 17.2 Å². The zero-order valence-electron chi connectivity index (χ0n) is 14.4. The summed E-state index contributed by atoms with van der Waals surface area (Å²) in [5.74, 6) is 0.851. The summed E-state index contributed by atoms with van der Waals surface area (Å²) in [6.45, 7) is 6.42. The highest BCUT2D eigenvalue weighted by molar-refractivity contribution is 5.93. The summed E-state index contributed by atoms with van der Waals surface area (Å²) >= 11 is 0. The van der Waals surface area contributed by atoms with Gasteiger partial charge in [-0.3, -0.25) is 0 Å². The molecule has 0 radical (unpaired) electrons. The Hall–Kier alpha value is -2.10. The van der Waals surface area contributed by atoms with Gasteiger partial charge in [0.2, 0.25) is 5.75 Å². The van der Waals surface area contributed by atoms with Crippen molar-refractivity contribution >= 4 is 16.5 Å². The van der Waals surface area contributed by atoms with Crippen molar-refractivity contribution in [2.24, 2.45) is 0 Å². The summed E-state index contributed by atoms with van der Waals surface area (Å²) in [7, 11) is 3.07. The zero-order valence-corrected chi connectivity index (χ0v) is 14.4. The number of unbranched alkanes of at least 4 members (excludes halogenated alkanes) is 4. The lowest BCUT2D eigenvalue weighted by Crippen LogP contribution is -1.89. The second kappa shape index (κ2) is 7.95. The lowest BCUT2D eigenvalue weighted by atomic mass is 10.0. The van der Waals surface area contributed by atoms with Crippen LogP contribution in [-0.2, 0) is 0 Å². The van der Waals surface area contributed by atoms with Gasteiger partial charge < -0.3 is 19.6 Å². The van der Waals surface area contributed by atoms with Gasteiger partial charge in [0.15, 0.2) is 11.5 Å². The monoisotopic (exact) mass is 317 g/mol. The first-order valence-electron chi connectivity index (χ1n) is 8.27. The molecule has 0 spiro atoms. The maximum atomic E-state index is 10.2. The van der Waals surface area contributed by atoms with Crippen LogP contribution in [0.2, 0.25) is 0 Å². The molecule has 4 heteroatoms. The van der Waals surface area contributed by atoms with E-state index in [1.807, 2.05) is 6.07 Å². The summed E-state index contributed by atoms with van der Waals surface area (Å²) in [5.41, 5.74) is 2.94. The lowest BCUT2D eigenvalue weighted by molar-refractivity contribution is 0.343. The molecule has 0 saturated heterocycles. The second-order valence-corrected chi connectivity index (χ2v) is 5.87. The molecule has 0 aliphatic rings. The molecule has 23 heavy (non-hydrogen) atoms. The SMILES string of the molecule is C=C(CCCCCCC)c1cc2c(OC)c(O)c(OC)cc2[nH]1. The van der Waals surface area contributed by atoms with Gasteiger partial charge >= 0.3 is 0 Å². The summed E-state index contributed by atoms with van der Waals surface area (Å²) in [6, 6.07) is 3.77. The molecule has 4 nitrogen and oxygen atoms in total. The van der Waals surface area contributed by atoms with Crippen LogP contribution in [-0.4, -0.2) is 24.3 Å². The van der Waals surface area contributed by atoms with Crippen LogP contribution in [0.15, 0.2) is 18.7 Å². The van der Waals surface area contributed by atoms with E-state index in [0.29, 0.717) is 11.5 Å². The van der Waals surface area contributed by atoms with Crippen molar-refractivity contribution in [3.63, 3.8) is 0 Å². The molecule has 2 rings (SSSR count). The van der Waals surface area contributed by atoms with Crippen molar-refractivity contribution in [2.75, 3.05) is 14.2 Å². The van der Waals surface area contributed by atoms with Crippen LogP contribution in [0, 0.1) is 0 Å². The molecular weight excluding hydrogens is 290 g/mol. The number of fused-ring (bicyclic) bond motifs is 1. The highest BCUT2D eigenvalue weighted by atomic mass is 16.5. The number of rotatable bonds is 9. The topological polar surface area (TPSA) is 54.5 Å². The van der Waals surface area contributed by atoms with Crippen LogP contribution in [0.4, 0.5) is 0 Å². The number of aromatic amines is 1. The smallest absolute Gasteiger partial charge is 0.201 e. The van der Waals surface area contributed by atoms with Gasteiger partial charge in [-0.25, -0.2) is 0 Å². The second-order valence-electron chi connectivity index (χ2n) is 5.87. The Kier molecular flexibility index (Phi) is 5.97. The van der Waals surface area contributed by atoms with Crippen molar-refractivity contribution in [3.05, 3.63) is 24.4 Å². The molecule has 0 atom stereocenters. The van der Waals surface area contributed by atoms with E-state index in [4.69, 9.17) is 9.47 Å². The van der Waals surface area contributed by atoms with Gasteiger partial charge in [-0.1, -0.05) is 39.2 Å². The number of phenols is 1. The quantitative estimate of drug-likeness (QED) is 0.620. The number of hydrogen-bond donors (Lipinski definition) is 2. The molecule has 0 aliphatic carbocycles. The number of aromatic nitrogens is 1. The number of nitrogens with one attached hydrogen (secondary N) is 1. The van der Waals surface area contributed by atoms with Gasteiger partial charge in [-0.05, 0) is 24.5 Å². The van der Waals surface area contributed by atoms with E-state index in [-0.39, 0.29) is 5.75 Å². The summed E-state index contributed by atoms with van der Waals surface area (Å²) in [6.07, 6.45) is 7.21. The Labute approximate surface area is 138 Å². The lowest BCUT2D eigenvalue weighted by Gasteiger charge is -2.08. The average Bonchev–Trinajstić information content (AvgIpc) is 2.97. The zero-order chi connectivity index (χ0) is 16.8. The van der Waals surface area contributed by atoms with Crippen LogP contribution in [0.5, 0.6) is 17.2 Å². The average molecular weight is 317 g/mol. The molecule has 1 heterocycles. The number of aromatic hydroxyl groups is 1. The molecule has 2 N–H and O–H groups in total. The molecular formula is C19H27NO3. The molecule has 0 unspecified atom stereocenters. The molecule has 0 amide bonds. The Bertz CT molecular complexity index is 673. The highest BCUT2D eigenvalue weighted by Crippen LogP contribution is 2.43. The van der Waals surface area contributed by atoms with Crippen molar-refractivity contribution in [1.29, 1.82) is 0 Å². The Morgan fingerprint density at radius 3 is 2.52 bits per heavy atom. The third kappa shape index (κ3) is 3.81. The fourth-order valence-electron chi connectivity index (χ4n) is 2.84. The third-order valence-electron chi connectivity index (χ3n) is 4.20. The predicted octanol–water partition coefficient (Wildman–Crippen LogP) is 5.26. The summed E-state index contributed by atoms with van der Waals surface area (Å²) in [4.78, 5) is 3.35. The Morgan fingerprint density at radius 2 is 1.87 bits per heavy atom. The molecule has 0 bridgehead atoms. The van der Waals surface area contributed by atoms with Crippen molar-refractivity contribution in [2.45, 2.75) is 45.4 Å². The summed E-state index contributed by atoms with van der Waals surface area (Å²) in [5, 5.41) is 11.0. The Morgan fingerprint density at radius 1 is 1.13 bits per heavy atom. The molecule has 0 fully saturated rings. The summed E-state index contributed by atoms with van der Waals surface area (Å²) < 4.78 is 10.5. The van der Waals surface area contributed by atoms with Gasteiger partial charge in [-0.15, -0.1) is 0 Å². The molecule has 1 aromatic heterocycles. The fourth-order valence-corrected chi connectivity index (χ4v) is 2.84. The fraction of sp³-hybridized carbons (Fsp3) is 0.474. The first kappa shape index (κ1) is 17.3. The number of hydrogen-bond acceptors (Lipinski definition) is 3. The van der Waals surface area contributed by atoms with Gasteiger partial charge in [0.1, 0.15) is 0 Å². The van der Waals surface area contributed by atoms with Crippen LogP contribution >= 0.6 is 0 Å². The van der Waals surface area contributed by atoms with Gasteiger partial charge in [0, 0.05) is 17.1 Å². The van der Waals surface area contributed by atoms with Crippen molar-refractivity contribution < 1.29 is 14.6 Å². The number of allylic oxidation sites excluding steroid dienone is 1. The maximum absolute atomic E-state index is 10.2. The van der Waals surface area contributed by atoms with E-state index in [1.165, 1.54) is 32.8 Å². The van der Waals surface area contributed by atoms with E-state index in [0.717, 1.165) is 35.0 Å². The normalized spacial score (nSPS) is 10.9. The number of benzene rings is 1. The van der Waals surface area contributed by atoms with E-state index in [2.05, 4.69) is 18.5 Å². The molecule has 126 valence electrons. The van der Waals surface area contributed by atoms with Crippen LogP contribution < -0.4 is 9.47 Å². The number of ether oxygens (including phenoxy) is 2. The number of methoxy groups -OCH3 is 2. The van der Waals surface area contributed by atoms with Gasteiger partial charge in [-0.2, -0.15) is 0 Å². The van der Waals surface area contributed by atoms with Gasteiger partial charge in [0.05, 0.1) is 19.7 Å². The largest absolute Gasteiger partial charge is 0.502 e. The highest BCUT2D eigenvalue weighted by Gasteiger charge is 2.16. The minimum atomic E-state index is 0.0261. The molecule has 0 aliphatic heterocycles. The first-order valence-corrected chi connectivity index (χ1v) is 8.27. The molecule has 0 saturated carbocycles. The van der Waals surface area contributed by atoms with Gasteiger partial charge in [0.25, 0.3) is 0 Å². The molecule has 1 aromatic carbocycles. The minimum Gasteiger partial charge on any atom is -0.502 e. The number of H-pyrrole nitrogens is 1. The van der Waals surface area contributed by atoms with E-state index in [1.54, 1.807) is 13.2 Å². The Balaban J connectivity index is 2.18. The van der Waals surface area contributed by atoms with Crippen LogP contribution in [0.1, 0.15) is 51.1 Å². The first-order chi connectivity index (χ1) is 11.1. The van der Waals surface area contributed by atoms with Crippen LogP contribution in [0.25, 0.3) is 16.5 Å². The van der Waals surface area contributed by atoms with E-state index in [9.17, 15) is 5.11 Å². The standard InChI is InChI=1S/C19H27NO3/c1-5-6-7-8-9-10-13(2)15-11-14-16(20-15)12-17(22-3)18(21)19(14)23-4/h11-12,20-21H,2,5-10H2,1,3-4H3. The predicted molar refractivity (Wildman–Crippen MR) is 95.5 cm³/mol. The van der Waals surface area contributed by atoms with Crippen molar-refractivity contribution in [1.82, 2.24) is 4.98 Å². The van der Waals surface area contributed by atoms with Crippen LogP contribution in [0.3, 0.4) is 0 Å². The number of phenolic OH excluding ortho intramolecular Hbond substituents is 1. The minimum absolute atomic E-state index is 0.0261. The maximum Gasteiger partial charge on any atom is 0.201 e. The van der Waals surface area contributed by atoms with E-state index < -0.39 is 0 Å². The van der Waals surface area contributed by atoms with E-state index >= 15 is 0 Å². The third-order valence-corrected chi connectivity index (χ3v) is 4.20.